The molecule has 0 aliphatic heterocycles. The molecule has 0 bridgehead atoms. The molecule has 1 rings (SSSR count). The van der Waals surface area contributed by atoms with Crippen LogP contribution in [-0.2, 0) is 14.6 Å². The minimum atomic E-state index is -3.51. The fourth-order valence-corrected chi connectivity index (χ4v) is 2.47. The summed E-state index contributed by atoms with van der Waals surface area (Å²) in [6, 6.07) is 3.50. The second-order valence-electron chi connectivity index (χ2n) is 3.97. The van der Waals surface area contributed by atoms with Gasteiger partial charge in [0.2, 0.25) is 0 Å². The summed E-state index contributed by atoms with van der Waals surface area (Å²) in [6.07, 6.45) is 1.90. The van der Waals surface area contributed by atoms with Crippen molar-refractivity contribution in [2.24, 2.45) is 0 Å². The predicted molar refractivity (Wildman–Crippen MR) is 68.6 cm³/mol. The summed E-state index contributed by atoms with van der Waals surface area (Å²) in [4.78, 5) is -0.0618. The van der Waals surface area contributed by atoms with E-state index in [1.807, 2.05) is 6.92 Å². The molecule has 6 heteroatoms. The van der Waals surface area contributed by atoms with Crippen molar-refractivity contribution in [3.8, 4) is 0 Å². The first-order valence-electron chi connectivity index (χ1n) is 5.83. The molecule has 0 amide bonds. The Hall–Kier alpha value is -1.14. The summed E-state index contributed by atoms with van der Waals surface area (Å²) in [7, 11) is -3.51. The summed E-state index contributed by atoms with van der Waals surface area (Å²) in [6.45, 7) is 2.69. The Balaban J connectivity index is 2.60. The minimum absolute atomic E-state index is 0.0618. The van der Waals surface area contributed by atoms with E-state index in [0.717, 1.165) is 18.9 Å². The first-order valence-corrected chi connectivity index (χ1v) is 7.48. The van der Waals surface area contributed by atoms with Gasteiger partial charge in [0.15, 0.2) is 9.84 Å². The van der Waals surface area contributed by atoms with Gasteiger partial charge in [-0.2, -0.15) is 0 Å². The van der Waals surface area contributed by atoms with Crippen molar-refractivity contribution in [1.29, 1.82) is 0 Å². The van der Waals surface area contributed by atoms with E-state index in [1.165, 1.54) is 12.1 Å². The molecule has 0 aromatic heterocycles. The Morgan fingerprint density at radius 1 is 1.33 bits per heavy atom. The van der Waals surface area contributed by atoms with E-state index in [0.29, 0.717) is 6.61 Å². The van der Waals surface area contributed by atoms with E-state index >= 15 is 0 Å². The highest BCUT2D eigenvalue weighted by Crippen LogP contribution is 2.17. The molecule has 1 aromatic rings. The Labute approximate surface area is 107 Å². The lowest BCUT2D eigenvalue weighted by atomic mass is 10.3. The molecule has 0 radical (unpaired) electrons. The quantitative estimate of drug-likeness (QED) is 0.610. The van der Waals surface area contributed by atoms with Crippen molar-refractivity contribution < 1.29 is 17.5 Å². The highest BCUT2D eigenvalue weighted by molar-refractivity contribution is 7.91. The molecule has 0 heterocycles. The molecule has 2 N–H and O–H groups in total. The lowest BCUT2D eigenvalue weighted by Crippen LogP contribution is -2.13. The normalized spacial score (nSPS) is 11.7. The van der Waals surface area contributed by atoms with Crippen LogP contribution in [0.1, 0.15) is 19.8 Å². The second kappa shape index (κ2) is 6.70. The van der Waals surface area contributed by atoms with Gasteiger partial charge in [-0.3, -0.25) is 0 Å². The minimum Gasteiger partial charge on any atom is -0.396 e. The Kier molecular flexibility index (Phi) is 5.55. The Morgan fingerprint density at radius 3 is 2.67 bits per heavy atom. The lowest BCUT2D eigenvalue weighted by molar-refractivity contribution is 0.146. The van der Waals surface area contributed by atoms with Crippen LogP contribution in [0.15, 0.2) is 23.1 Å². The highest BCUT2D eigenvalue weighted by Gasteiger charge is 2.15. The number of anilines is 1. The van der Waals surface area contributed by atoms with Gasteiger partial charge in [-0.25, -0.2) is 12.8 Å². The molecular weight excluding hydrogens is 257 g/mol. The van der Waals surface area contributed by atoms with Crippen LogP contribution in [0.5, 0.6) is 0 Å². The van der Waals surface area contributed by atoms with Crippen LogP contribution in [0.25, 0.3) is 0 Å². The zero-order valence-electron chi connectivity index (χ0n) is 10.4. The molecule has 0 saturated carbocycles. The molecule has 4 nitrogen and oxygen atoms in total. The number of nitrogens with two attached hydrogens (primary N) is 1. The van der Waals surface area contributed by atoms with Gasteiger partial charge in [0.1, 0.15) is 5.82 Å². The first kappa shape index (κ1) is 14.9. The van der Waals surface area contributed by atoms with Crippen molar-refractivity contribution in [3.63, 3.8) is 0 Å². The van der Waals surface area contributed by atoms with Gasteiger partial charge in [-0.1, -0.05) is 13.3 Å². The van der Waals surface area contributed by atoms with Crippen molar-refractivity contribution in [2.75, 3.05) is 24.7 Å². The molecule has 0 spiro atoms. The number of rotatable bonds is 7. The number of sulfone groups is 1. The molecule has 0 saturated heterocycles. The van der Waals surface area contributed by atoms with E-state index in [9.17, 15) is 12.8 Å². The monoisotopic (exact) mass is 275 g/mol. The number of unbranched alkanes of at least 4 members (excludes halogenated alkanes) is 1. The third-order valence-electron chi connectivity index (χ3n) is 2.47. The molecule has 1 aromatic carbocycles. The predicted octanol–water partition coefficient (Wildman–Crippen LogP) is 2.00. The van der Waals surface area contributed by atoms with Gasteiger partial charge in [0, 0.05) is 6.61 Å². The SMILES string of the molecule is CCCCOCCS(=O)(=O)c1ccc(N)c(F)c1. The van der Waals surface area contributed by atoms with E-state index in [2.05, 4.69) is 0 Å². The second-order valence-corrected chi connectivity index (χ2v) is 6.08. The van der Waals surface area contributed by atoms with Gasteiger partial charge < -0.3 is 10.5 Å². The number of hydrogen-bond acceptors (Lipinski definition) is 4. The maximum atomic E-state index is 13.2. The summed E-state index contributed by atoms with van der Waals surface area (Å²) in [5.41, 5.74) is 5.23. The van der Waals surface area contributed by atoms with E-state index in [1.54, 1.807) is 0 Å². The zero-order chi connectivity index (χ0) is 13.6. The Bertz CT molecular complexity index is 488. The largest absolute Gasteiger partial charge is 0.396 e. The van der Waals surface area contributed by atoms with E-state index in [4.69, 9.17) is 10.5 Å². The molecule has 102 valence electrons. The van der Waals surface area contributed by atoms with Crippen molar-refractivity contribution >= 4 is 15.5 Å². The zero-order valence-corrected chi connectivity index (χ0v) is 11.2. The lowest BCUT2D eigenvalue weighted by Gasteiger charge is -2.06. The third-order valence-corrected chi connectivity index (χ3v) is 4.15. The molecule has 0 fully saturated rings. The van der Waals surface area contributed by atoms with Gasteiger partial charge in [-0.05, 0) is 24.6 Å². The van der Waals surface area contributed by atoms with Crippen LogP contribution in [-0.4, -0.2) is 27.4 Å². The van der Waals surface area contributed by atoms with Gasteiger partial charge in [0.05, 0.1) is 22.9 Å². The highest BCUT2D eigenvalue weighted by atomic mass is 32.2. The van der Waals surface area contributed by atoms with E-state index in [-0.39, 0.29) is 22.9 Å². The summed E-state index contributed by atoms with van der Waals surface area (Å²) >= 11 is 0. The smallest absolute Gasteiger partial charge is 0.180 e. The Morgan fingerprint density at radius 2 is 2.06 bits per heavy atom. The van der Waals surface area contributed by atoms with Crippen molar-refractivity contribution in [2.45, 2.75) is 24.7 Å². The summed E-state index contributed by atoms with van der Waals surface area (Å²) < 4.78 is 42.0. The fourth-order valence-electron chi connectivity index (χ4n) is 1.34. The summed E-state index contributed by atoms with van der Waals surface area (Å²) in [5, 5.41) is 0. The van der Waals surface area contributed by atoms with Crippen LogP contribution >= 0.6 is 0 Å². The standard InChI is InChI=1S/C12H18FNO3S/c1-2-3-6-17-7-8-18(15,16)10-4-5-12(14)11(13)9-10/h4-5,9H,2-3,6-8,14H2,1H3. The van der Waals surface area contributed by atoms with Gasteiger partial charge >= 0.3 is 0 Å². The van der Waals surface area contributed by atoms with Crippen LogP contribution in [0.2, 0.25) is 0 Å². The van der Waals surface area contributed by atoms with Gasteiger partial charge in [0.25, 0.3) is 0 Å². The third kappa shape index (κ3) is 4.27. The number of hydrogen-bond donors (Lipinski definition) is 1. The van der Waals surface area contributed by atoms with Crippen molar-refractivity contribution in [1.82, 2.24) is 0 Å². The topological polar surface area (TPSA) is 69.4 Å². The van der Waals surface area contributed by atoms with Crippen LogP contribution in [0.3, 0.4) is 0 Å². The first-order chi connectivity index (χ1) is 8.47. The number of ether oxygens (including phenoxy) is 1. The molecule has 0 aliphatic carbocycles. The average molecular weight is 275 g/mol. The number of halogens is 1. The fraction of sp³-hybridized carbons (Fsp3) is 0.500. The van der Waals surface area contributed by atoms with Crippen LogP contribution < -0.4 is 5.73 Å². The maximum absolute atomic E-state index is 13.2. The van der Waals surface area contributed by atoms with Gasteiger partial charge in [-0.15, -0.1) is 0 Å². The van der Waals surface area contributed by atoms with E-state index < -0.39 is 15.7 Å². The molecule has 18 heavy (non-hydrogen) atoms. The molecule has 0 atom stereocenters. The maximum Gasteiger partial charge on any atom is 0.180 e. The number of benzene rings is 1. The summed E-state index contributed by atoms with van der Waals surface area (Å²) in [5.74, 6) is -0.872. The molecular formula is C12H18FNO3S. The van der Waals surface area contributed by atoms with Crippen LogP contribution in [0.4, 0.5) is 10.1 Å². The van der Waals surface area contributed by atoms with Crippen LogP contribution in [0, 0.1) is 5.82 Å². The number of nitrogen functional groups attached to an aromatic ring is 1. The van der Waals surface area contributed by atoms with Crippen molar-refractivity contribution in [3.05, 3.63) is 24.0 Å². The molecule has 0 unspecified atom stereocenters. The average Bonchev–Trinajstić information content (AvgIpc) is 2.32. The molecule has 0 aliphatic rings.